The predicted octanol–water partition coefficient (Wildman–Crippen LogP) is 3.74. The minimum atomic E-state index is -0.871. The van der Waals surface area contributed by atoms with E-state index in [9.17, 15) is 9.59 Å². The molecule has 2 aromatic carbocycles. The molecule has 0 radical (unpaired) electrons. The molecule has 3 amide bonds. The van der Waals surface area contributed by atoms with Crippen molar-refractivity contribution in [2.24, 2.45) is 0 Å². The minimum absolute atomic E-state index is 0.183. The maximum atomic E-state index is 12.9. The zero-order chi connectivity index (χ0) is 18.1. The number of fused-ring (bicyclic) bond motifs is 1. The quantitative estimate of drug-likeness (QED) is 0.701. The molecule has 0 spiro atoms. The molecule has 1 aliphatic heterocycles. The van der Waals surface area contributed by atoms with Gasteiger partial charge in [-0.1, -0.05) is 42.5 Å². The Bertz CT molecular complexity index is 936. The van der Waals surface area contributed by atoms with E-state index in [-0.39, 0.29) is 18.5 Å². The average molecular weight is 365 g/mol. The number of aromatic nitrogens is 1. The molecule has 26 heavy (non-hydrogen) atoms. The SMILES string of the molecule is C[C@]1(CCc2ccccc2)NC(=O)N(Cc2nc3ccccc3s2)C1=O. The molecule has 5 nitrogen and oxygen atoms in total. The minimum Gasteiger partial charge on any atom is -0.323 e. The van der Waals surface area contributed by atoms with Gasteiger partial charge in [-0.15, -0.1) is 11.3 Å². The van der Waals surface area contributed by atoms with E-state index in [1.54, 1.807) is 6.92 Å². The maximum Gasteiger partial charge on any atom is 0.325 e. The molecule has 6 heteroatoms. The number of para-hydroxylation sites is 1. The molecule has 2 heterocycles. The summed E-state index contributed by atoms with van der Waals surface area (Å²) in [4.78, 5) is 31.1. The van der Waals surface area contributed by atoms with Gasteiger partial charge in [0.2, 0.25) is 0 Å². The van der Waals surface area contributed by atoms with Gasteiger partial charge in [0, 0.05) is 0 Å². The van der Waals surface area contributed by atoms with E-state index in [1.165, 1.54) is 16.2 Å². The number of nitrogens with one attached hydrogen (secondary N) is 1. The summed E-state index contributed by atoms with van der Waals surface area (Å²) in [6.45, 7) is 2.01. The molecule has 132 valence electrons. The molecule has 1 atom stereocenters. The third-order valence-electron chi connectivity index (χ3n) is 4.73. The number of aryl methyl sites for hydroxylation is 1. The highest BCUT2D eigenvalue weighted by Gasteiger charge is 2.47. The summed E-state index contributed by atoms with van der Waals surface area (Å²) < 4.78 is 1.06. The van der Waals surface area contributed by atoms with Crippen LogP contribution in [0.15, 0.2) is 54.6 Å². The molecular formula is C20H19N3O2S. The van der Waals surface area contributed by atoms with E-state index in [1.807, 2.05) is 54.6 Å². The van der Waals surface area contributed by atoms with Crippen molar-refractivity contribution < 1.29 is 9.59 Å². The number of carbonyl (C=O) groups is 2. The standard InChI is InChI=1S/C20H19N3O2S/c1-20(12-11-14-7-3-2-4-8-14)18(24)23(19(25)22-20)13-17-21-15-9-5-6-10-16(15)26-17/h2-10H,11-13H2,1H3,(H,22,25)/t20-/m1/s1. The molecule has 0 aliphatic carbocycles. The zero-order valence-electron chi connectivity index (χ0n) is 14.4. The Balaban J connectivity index is 1.49. The van der Waals surface area contributed by atoms with Crippen molar-refractivity contribution >= 4 is 33.5 Å². The maximum absolute atomic E-state index is 12.9. The molecule has 3 aromatic rings. The smallest absolute Gasteiger partial charge is 0.323 e. The Kier molecular flexibility index (Phi) is 4.20. The Morgan fingerprint density at radius 2 is 1.81 bits per heavy atom. The molecule has 1 aliphatic rings. The predicted molar refractivity (Wildman–Crippen MR) is 102 cm³/mol. The van der Waals surface area contributed by atoms with Crippen molar-refractivity contribution in [3.63, 3.8) is 0 Å². The molecule has 0 saturated carbocycles. The van der Waals surface area contributed by atoms with E-state index in [4.69, 9.17) is 0 Å². The lowest BCUT2D eigenvalue weighted by Gasteiger charge is -2.21. The van der Waals surface area contributed by atoms with Crippen molar-refractivity contribution in [2.45, 2.75) is 31.8 Å². The summed E-state index contributed by atoms with van der Waals surface area (Å²) in [7, 11) is 0. The third-order valence-corrected chi connectivity index (χ3v) is 5.75. The number of hydrogen-bond donors (Lipinski definition) is 1. The lowest BCUT2D eigenvalue weighted by atomic mass is 9.93. The number of amides is 3. The van der Waals surface area contributed by atoms with Crippen LogP contribution in [0.25, 0.3) is 10.2 Å². The van der Waals surface area contributed by atoms with Crippen LogP contribution < -0.4 is 5.32 Å². The summed E-state index contributed by atoms with van der Waals surface area (Å²) in [5.74, 6) is -0.183. The zero-order valence-corrected chi connectivity index (χ0v) is 15.3. The van der Waals surface area contributed by atoms with Crippen LogP contribution in [-0.2, 0) is 17.8 Å². The van der Waals surface area contributed by atoms with Gasteiger partial charge in [-0.3, -0.25) is 9.69 Å². The Morgan fingerprint density at radius 3 is 2.58 bits per heavy atom. The van der Waals surface area contributed by atoms with Gasteiger partial charge in [0.1, 0.15) is 10.5 Å². The van der Waals surface area contributed by atoms with Crippen LogP contribution in [0, 0.1) is 0 Å². The highest BCUT2D eigenvalue weighted by molar-refractivity contribution is 7.18. The van der Waals surface area contributed by atoms with Gasteiger partial charge in [0.05, 0.1) is 16.8 Å². The van der Waals surface area contributed by atoms with E-state index in [2.05, 4.69) is 10.3 Å². The first kappa shape index (κ1) is 16.7. The number of nitrogens with zero attached hydrogens (tertiary/aromatic N) is 2. The van der Waals surface area contributed by atoms with Crippen LogP contribution in [-0.4, -0.2) is 27.4 Å². The van der Waals surface area contributed by atoms with E-state index in [0.717, 1.165) is 27.2 Å². The summed E-state index contributed by atoms with van der Waals surface area (Å²) in [5, 5.41) is 3.63. The first-order chi connectivity index (χ1) is 12.5. The van der Waals surface area contributed by atoms with Crippen LogP contribution in [0.5, 0.6) is 0 Å². The Morgan fingerprint density at radius 1 is 1.08 bits per heavy atom. The lowest BCUT2D eigenvalue weighted by molar-refractivity contribution is -0.131. The molecule has 1 aromatic heterocycles. The number of urea groups is 1. The van der Waals surface area contributed by atoms with Crippen molar-refractivity contribution in [1.82, 2.24) is 15.2 Å². The molecule has 1 fully saturated rings. The second-order valence-electron chi connectivity index (χ2n) is 6.71. The fraction of sp³-hybridized carbons (Fsp3) is 0.250. The Hall–Kier alpha value is -2.73. The first-order valence-electron chi connectivity index (χ1n) is 8.58. The van der Waals surface area contributed by atoms with Gasteiger partial charge < -0.3 is 5.32 Å². The number of thiazole rings is 1. The van der Waals surface area contributed by atoms with Crippen LogP contribution in [0.1, 0.15) is 23.9 Å². The molecular weight excluding hydrogens is 346 g/mol. The molecule has 1 saturated heterocycles. The lowest BCUT2D eigenvalue weighted by Crippen LogP contribution is -2.44. The van der Waals surface area contributed by atoms with E-state index < -0.39 is 5.54 Å². The van der Waals surface area contributed by atoms with Gasteiger partial charge in [0.15, 0.2) is 0 Å². The summed E-state index contributed by atoms with van der Waals surface area (Å²) in [6, 6.07) is 17.5. The molecule has 0 bridgehead atoms. The van der Waals surface area contributed by atoms with Crippen molar-refractivity contribution in [3.8, 4) is 0 Å². The number of benzene rings is 2. The summed E-state index contributed by atoms with van der Waals surface area (Å²) in [6.07, 6.45) is 1.30. The van der Waals surface area contributed by atoms with Gasteiger partial charge in [0.25, 0.3) is 5.91 Å². The van der Waals surface area contributed by atoms with Gasteiger partial charge in [-0.25, -0.2) is 9.78 Å². The number of hydrogen-bond acceptors (Lipinski definition) is 4. The summed E-state index contributed by atoms with van der Waals surface area (Å²) >= 11 is 1.51. The first-order valence-corrected chi connectivity index (χ1v) is 9.39. The second kappa shape index (κ2) is 6.53. The largest absolute Gasteiger partial charge is 0.325 e. The van der Waals surface area contributed by atoms with Crippen molar-refractivity contribution in [1.29, 1.82) is 0 Å². The topological polar surface area (TPSA) is 62.3 Å². The van der Waals surface area contributed by atoms with E-state index in [0.29, 0.717) is 6.42 Å². The van der Waals surface area contributed by atoms with Gasteiger partial charge in [-0.2, -0.15) is 0 Å². The van der Waals surface area contributed by atoms with Crippen molar-refractivity contribution in [3.05, 3.63) is 65.2 Å². The van der Waals surface area contributed by atoms with Crippen LogP contribution in [0.3, 0.4) is 0 Å². The Labute approximate surface area is 155 Å². The highest BCUT2D eigenvalue weighted by Crippen LogP contribution is 2.27. The van der Waals surface area contributed by atoms with Crippen LogP contribution in [0.2, 0.25) is 0 Å². The molecule has 4 rings (SSSR count). The molecule has 1 N–H and O–H groups in total. The van der Waals surface area contributed by atoms with Crippen LogP contribution in [0.4, 0.5) is 4.79 Å². The normalized spacial score (nSPS) is 20.0. The second-order valence-corrected chi connectivity index (χ2v) is 7.83. The van der Waals surface area contributed by atoms with Gasteiger partial charge >= 0.3 is 6.03 Å². The number of imide groups is 1. The van der Waals surface area contributed by atoms with Crippen LogP contribution >= 0.6 is 11.3 Å². The van der Waals surface area contributed by atoms with E-state index >= 15 is 0 Å². The third kappa shape index (κ3) is 3.08. The number of carbonyl (C=O) groups excluding carboxylic acids is 2. The van der Waals surface area contributed by atoms with Crippen molar-refractivity contribution in [2.75, 3.05) is 0 Å². The number of rotatable bonds is 5. The summed E-state index contributed by atoms with van der Waals surface area (Å²) in [5.41, 5.74) is 1.18. The fourth-order valence-corrected chi connectivity index (χ4v) is 4.18. The molecule has 0 unspecified atom stereocenters. The highest BCUT2D eigenvalue weighted by atomic mass is 32.1. The fourth-order valence-electron chi connectivity index (χ4n) is 3.22. The average Bonchev–Trinajstić information content (AvgIpc) is 3.15. The van der Waals surface area contributed by atoms with Gasteiger partial charge in [-0.05, 0) is 37.5 Å². The monoisotopic (exact) mass is 365 g/mol.